The van der Waals surface area contributed by atoms with Gasteiger partial charge in [0.15, 0.2) is 0 Å². The lowest BCUT2D eigenvalue weighted by molar-refractivity contribution is 0.0775. The highest BCUT2D eigenvalue weighted by Gasteiger charge is 2.33. The van der Waals surface area contributed by atoms with Crippen LogP contribution in [0.5, 0.6) is 0 Å². The zero-order valence-electron chi connectivity index (χ0n) is 11.8. The van der Waals surface area contributed by atoms with Crippen LogP contribution in [-0.2, 0) is 11.2 Å². The van der Waals surface area contributed by atoms with Crippen molar-refractivity contribution in [2.45, 2.75) is 51.7 Å². The second-order valence-electron chi connectivity index (χ2n) is 5.27. The Labute approximate surface area is 129 Å². The molecule has 0 aliphatic carbocycles. The van der Waals surface area contributed by atoms with Crippen LogP contribution in [0.15, 0.2) is 15.9 Å². The average molecular weight is 346 g/mol. The number of thiophene rings is 1. The van der Waals surface area contributed by atoms with Gasteiger partial charge in [-0.15, -0.1) is 11.3 Å². The Morgan fingerprint density at radius 2 is 2.37 bits per heavy atom. The van der Waals surface area contributed by atoms with Gasteiger partial charge in [0.1, 0.15) is 0 Å². The maximum absolute atomic E-state index is 5.87. The van der Waals surface area contributed by atoms with Crippen molar-refractivity contribution in [1.29, 1.82) is 0 Å². The summed E-state index contributed by atoms with van der Waals surface area (Å²) in [6.07, 6.45) is 5.09. The Hall–Kier alpha value is 0.1000. The standard InChI is InChI=1S/C15H24BrNOS/c1-3-6-17-14(9-12-8-11(16)10-19-12)13-5-7-18-15(13)4-2/h8,10,13-15,17H,3-7,9H2,1-2H3. The maximum atomic E-state index is 5.87. The third kappa shape index (κ3) is 4.28. The Kier molecular flexibility index (Phi) is 6.33. The SMILES string of the molecule is CCCNC(Cc1cc(Br)cs1)C1CCOC1CC. The fourth-order valence-electron chi connectivity index (χ4n) is 2.93. The largest absolute Gasteiger partial charge is 0.378 e. The molecular formula is C15H24BrNOS. The van der Waals surface area contributed by atoms with Crippen molar-refractivity contribution in [2.75, 3.05) is 13.2 Å². The zero-order valence-corrected chi connectivity index (χ0v) is 14.2. The second-order valence-corrected chi connectivity index (χ2v) is 7.18. The van der Waals surface area contributed by atoms with Gasteiger partial charge < -0.3 is 10.1 Å². The van der Waals surface area contributed by atoms with Gasteiger partial charge in [-0.3, -0.25) is 0 Å². The summed E-state index contributed by atoms with van der Waals surface area (Å²) in [4.78, 5) is 1.46. The van der Waals surface area contributed by atoms with Crippen molar-refractivity contribution in [1.82, 2.24) is 5.32 Å². The Bertz CT molecular complexity index is 382. The first-order valence-electron chi connectivity index (χ1n) is 7.32. The molecule has 1 fully saturated rings. The topological polar surface area (TPSA) is 21.3 Å². The van der Waals surface area contributed by atoms with Crippen LogP contribution in [0.25, 0.3) is 0 Å². The van der Waals surface area contributed by atoms with Gasteiger partial charge in [0.2, 0.25) is 0 Å². The van der Waals surface area contributed by atoms with E-state index in [1.54, 1.807) is 0 Å². The summed E-state index contributed by atoms with van der Waals surface area (Å²) < 4.78 is 7.08. The van der Waals surface area contributed by atoms with Gasteiger partial charge in [0.05, 0.1) is 6.10 Å². The molecule has 0 amide bonds. The van der Waals surface area contributed by atoms with Gasteiger partial charge in [0.25, 0.3) is 0 Å². The normalized spacial score (nSPS) is 24.8. The second kappa shape index (κ2) is 7.77. The van der Waals surface area contributed by atoms with E-state index in [9.17, 15) is 0 Å². The third-order valence-electron chi connectivity index (χ3n) is 3.88. The first kappa shape index (κ1) is 15.5. The molecule has 0 spiro atoms. The lowest BCUT2D eigenvalue weighted by Crippen LogP contribution is -2.41. The van der Waals surface area contributed by atoms with Crippen LogP contribution in [0.1, 0.15) is 38.0 Å². The molecule has 1 saturated heterocycles. The number of hydrogen-bond donors (Lipinski definition) is 1. The zero-order chi connectivity index (χ0) is 13.7. The highest BCUT2D eigenvalue weighted by molar-refractivity contribution is 9.10. The summed E-state index contributed by atoms with van der Waals surface area (Å²) in [6, 6.07) is 2.81. The molecule has 1 aliphatic rings. The molecule has 3 atom stereocenters. The Balaban J connectivity index is 2.02. The molecule has 4 heteroatoms. The van der Waals surface area contributed by atoms with Crippen molar-refractivity contribution >= 4 is 27.3 Å². The molecule has 1 aromatic rings. The molecule has 0 aromatic carbocycles. The highest BCUT2D eigenvalue weighted by Crippen LogP contribution is 2.30. The van der Waals surface area contributed by atoms with Crippen molar-refractivity contribution < 1.29 is 4.74 Å². The van der Waals surface area contributed by atoms with Crippen molar-refractivity contribution in [3.05, 3.63) is 20.8 Å². The average Bonchev–Trinajstić information content (AvgIpc) is 3.03. The summed E-state index contributed by atoms with van der Waals surface area (Å²) >= 11 is 5.40. The van der Waals surface area contributed by atoms with E-state index in [1.807, 2.05) is 11.3 Å². The van der Waals surface area contributed by atoms with E-state index in [1.165, 1.54) is 22.2 Å². The number of nitrogens with one attached hydrogen (secondary N) is 1. The van der Waals surface area contributed by atoms with Gasteiger partial charge in [-0.25, -0.2) is 0 Å². The summed E-state index contributed by atoms with van der Waals surface area (Å²) in [5.74, 6) is 0.664. The summed E-state index contributed by atoms with van der Waals surface area (Å²) in [5.41, 5.74) is 0. The molecule has 0 bridgehead atoms. The molecule has 2 nitrogen and oxygen atoms in total. The first-order valence-corrected chi connectivity index (χ1v) is 8.99. The van der Waals surface area contributed by atoms with Gasteiger partial charge in [-0.05, 0) is 54.2 Å². The third-order valence-corrected chi connectivity index (χ3v) is 5.60. The van der Waals surface area contributed by atoms with Crippen LogP contribution in [0.3, 0.4) is 0 Å². The smallest absolute Gasteiger partial charge is 0.0616 e. The van der Waals surface area contributed by atoms with Crippen LogP contribution in [-0.4, -0.2) is 25.3 Å². The molecule has 19 heavy (non-hydrogen) atoms. The van der Waals surface area contributed by atoms with E-state index < -0.39 is 0 Å². The number of ether oxygens (including phenoxy) is 1. The van der Waals surface area contributed by atoms with Gasteiger partial charge in [-0.1, -0.05) is 13.8 Å². The fraction of sp³-hybridized carbons (Fsp3) is 0.733. The minimum atomic E-state index is 0.442. The number of rotatable bonds is 7. The Morgan fingerprint density at radius 3 is 3.00 bits per heavy atom. The molecule has 108 valence electrons. The molecule has 1 N–H and O–H groups in total. The molecular weight excluding hydrogens is 322 g/mol. The van der Waals surface area contributed by atoms with Crippen LogP contribution in [0.2, 0.25) is 0 Å². The predicted molar refractivity (Wildman–Crippen MR) is 85.9 cm³/mol. The van der Waals surface area contributed by atoms with Crippen LogP contribution in [0.4, 0.5) is 0 Å². The summed E-state index contributed by atoms with van der Waals surface area (Å²) in [7, 11) is 0. The first-order chi connectivity index (χ1) is 9.24. The molecule has 0 saturated carbocycles. The van der Waals surface area contributed by atoms with E-state index >= 15 is 0 Å². The van der Waals surface area contributed by atoms with Crippen LogP contribution >= 0.6 is 27.3 Å². The van der Waals surface area contributed by atoms with Gasteiger partial charge >= 0.3 is 0 Å². The van der Waals surface area contributed by atoms with E-state index in [4.69, 9.17) is 4.74 Å². The van der Waals surface area contributed by atoms with E-state index in [0.717, 1.165) is 26.0 Å². The summed E-state index contributed by atoms with van der Waals surface area (Å²) in [6.45, 7) is 6.50. The van der Waals surface area contributed by atoms with Gasteiger partial charge in [0, 0.05) is 33.3 Å². The molecule has 2 rings (SSSR count). The predicted octanol–water partition coefficient (Wildman–Crippen LogP) is 4.24. The molecule has 2 heterocycles. The van der Waals surface area contributed by atoms with Crippen molar-refractivity contribution in [3.8, 4) is 0 Å². The van der Waals surface area contributed by atoms with Gasteiger partial charge in [-0.2, -0.15) is 0 Å². The molecule has 1 aliphatic heterocycles. The number of hydrogen-bond acceptors (Lipinski definition) is 3. The van der Waals surface area contributed by atoms with Crippen molar-refractivity contribution in [3.63, 3.8) is 0 Å². The molecule has 3 unspecified atom stereocenters. The minimum absolute atomic E-state index is 0.442. The van der Waals surface area contributed by atoms with Crippen LogP contribution < -0.4 is 5.32 Å². The van der Waals surface area contributed by atoms with Crippen molar-refractivity contribution in [2.24, 2.45) is 5.92 Å². The van der Waals surface area contributed by atoms with E-state index in [2.05, 4.69) is 46.5 Å². The highest BCUT2D eigenvalue weighted by atomic mass is 79.9. The molecule has 0 radical (unpaired) electrons. The quantitative estimate of drug-likeness (QED) is 0.797. The summed E-state index contributed by atoms with van der Waals surface area (Å²) in [5, 5.41) is 5.92. The number of halogens is 1. The monoisotopic (exact) mass is 345 g/mol. The van der Waals surface area contributed by atoms with Crippen LogP contribution in [0, 0.1) is 5.92 Å². The van der Waals surface area contributed by atoms with E-state index in [-0.39, 0.29) is 0 Å². The maximum Gasteiger partial charge on any atom is 0.0616 e. The lowest BCUT2D eigenvalue weighted by atomic mass is 9.88. The Morgan fingerprint density at radius 1 is 1.53 bits per heavy atom. The van der Waals surface area contributed by atoms with E-state index in [0.29, 0.717) is 18.1 Å². The fourth-order valence-corrected chi connectivity index (χ4v) is 4.44. The lowest BCUT2D eigenvalue weighted by Gasteiger charge is -2.28. The minimum Gasteiger partial charge on any atom is -0.378 e. The molecule has 1 aromatic heterocycles.